The van der Waals surface area contributed by atoms with Gasteiger partial charge in [-0.3, -0.25) is 0 Å². The van der Waals surface area contributed by atoms with E-state index in [4.69, 9.17) is 0 Å². The molecule has 2 amide bonds. The third-order valence-corrected chi connectivity index (χ3v) is 2.44. The highest BCUT2D eigenvalue weighted by atomic mass is 16.3. The zero-order valence-corrected chi connectivity index (χ0v) is 11.0. The van der Waals surface area contributed by atoms with Crippen molar-refractivity contribution in [1.29, 1.82) is 0 Å². The molecule has 0 fully saturated rings. The minimum Gasteiger partial charge on any atom is -0.390 e. The highest BCUT2D eigenvalue weighted by Crippen LogP contribution is 2.25. The van der Waals surface area contributed by atoms with E-state index in [1.165, 1.54) is 4.90 Å². The predicted octanol–water partition coefficient (Wildman–Crippen LogP) is 1.54. The van der Waals surface area contributed by atoms with Gasteiger partial charge in [0.25, 0.3) is 0 Å². The van der Waals surface area contributed by atoms with Crippen molar-refractivity contribution >= 4 is 6.03 Å². The van der Waals surface area contributed by atoms with E-state index in [0.29, 0.717) is 6.42 Å². The second kappa shape index (κ2) is 4.39. The smallest absolute Gasteiger partial charge is 0.319 e. The van der Waals surface area contributed by atoms with Gasteiger partial charge in [0.1, 0.15) is 0 Å². The van der Waals surface area contributed by atoms with Gasteiger partial charge < -0.3 is 14.9 Å². The molecule has 15 heavy (non-hydrogen) atoms. The number of hydrogen-bond acceptors (Lipinski definition) is 2. The molecule has 0 aliphatic rings. The highest BCUT2D eigenvalue weighted by Gasteiger charge is 2.33. The van der Waals surface area contributed by atoms with Gasteiger partial charge in [0.05, 0.1) is 5.60 Å². The Bertz CT molecular complexity index is 229. The first-order valence-corrected chi connectivity index (χ1v) is 5.15. The maximum absolute atomic E-state index is 11.7. The van der Waals surface area contributed by atoms with E-state index in [1.807, 2.05) is 13.8 Å². The Kier molecular flexibility index (Phi) is 4.17. The van der Waals surface area contributed by atoms with E-state index < -0.39 is 5.60 Å². The largest absolute Gasteiger partial charge is 0.390 e. The Morgan fingerprint density at radius 3 is 1.80 bits per heavy atom. The van der Waals surface area contributed by atoms with Crippen molar-refractivity contribution in [1.82, 2.24) is 9.80 Å². The first-order chi connectivity index (χ1) is 6.47. The van der Waals surface area contributed by atoms with Crippen molar-refractivity contribution in [2.24, 2.45) is 0 Å². The van der Waals surface area contributed by atoms with E-state index in [1.54, 1.807) is 39.9 Å². The van der Waals surface area contributed by atoms with E-state index in [9.17, 15) is 9.90 Å². The molecule has 0 aromatic heterocycles. The summed E-state index contributed by atoms with van der Waals surface area (Å²) in [6.07, 6.45) is 0.538. The summed E-state index contributed by atoms with van der Waals surface area (Å²) in [5.74, 6) is 0. The Hall–Kier alpha value is -0.770. The molecule has 0 aromatic carbocycles. The topological polar surface area (TPSA) is 43.8 Å². The molecular formula is C11H24N2O2. The SMILES string of the molecule is CN(C)C(=O)N(C)C(C)(C)CC(C)(C)O. The molecule has 4 nitrogen and oxygen atoms in total. The lowest BCUT2D eigenvalue weighted by molar-refractivity contribution is 0.0176. The molecule has 0 heterocycles. The quantitative estimate of drug-likeness (QED) is 0.777. The number of carbonyl (C=O) groups is 1. The molecule has 0 saturated carbocycles. The summed E-state index contributed by atoms with van der Waals surface area (Å²) in [6.45, 7) is 7.41. The third-order valence-electron chi connectivity index (χ3n) is 2.44. The van der Waals surface area contributed by atoms with Gasteiger partial charge >= 0.3 is 6.03 Å². The average molecular weight is 216 g/mol. The summed E-state index contributed by atoms with van der Waals surface area (Å²) in [4.78, 5) is 14.9. The fraction of sp³-hybridized carbons (Fsp3) is 0.909. The van der Waals surface area contributed by atoms with Crippen LogP contribution in [0.5, 0.6) is 0 Å². The molecule has 0 bridgehead atoms. The summed E-state index contributed by atoms with van der Waals surface area (Å²) in [5, 5.41) is 9.77. The molecule has 0 unspecified atom stereocenters. The summed E-state index contributed by atoms with van der Waals surface area (Å²) < 4.78 is 0. The number of hydrogen-bond donors (Lipinski definition) is 1. The third kappa shape index (κ3) is 4.51. The van der Waals surface area contributed by atoms with Crippen LogP contribution in [0.4, 0.5) is 4.79 Å². The number of urea groups is 1. The Morgan fingerprint density at radius 1 is 1.13 bits per heavy atom. The average Bonchev–Trinajstić information content (AvgIpc) is 1.96. The fourth-order valence-corrected chi connectivity index (χ4v) is 1.74. The molecule has 0 spiro atoms. The molecule has 0 aliphatic heterocycles. The standard InChI is InChI=1S/C11H24N2O2/c1-10(2,8-11(3,4)15)13(7)9(14)12(5)6/h15H,8H2,1-7H3. The Morgan fingerprint density at radius 2 is 1.53 bits per heavy atom. The van der Waals surface area contributed by atoms with Gasteiger partial charge in [-0.05, 0) is 34.1 Å². The number of rotatable bonds is 3. The molecule has 0 atom stereocenters. The van der Waals surface area contributed by atoms with Gasteiger partial charge in [0.15, 0.2) is 0 Å². The Labute approximate surface area is 92.9 Å². The zero-order valence-electron chi connectivity index (χ0n) is 11.0. The molecule has 0 saturated heterocycles. The lowest BCUT2D eigenvalue weighted by Gasteiger charge is -2.40. The van der Waals surface area contributed by atoms with Crippen molar-refractivity contribution in [2.45, 2.75) is 45.3 Å². The van der Waals surface area contributed by atoms with Crippen molar-refractivity contribution in [3.05, 3.63) is 0 Å². The molecule has 0 aromatic rings. The van der Waals surface area contributed by atoms with E-state index in [-0.39, 0.29) is 11.6 Å². The van der Waals surface area contributed by atoms with Gasteiger partial charge in [-0.15, -0.1) is 0 Å². The predicted molar refractivity (Wildman–Crippen MR) is 61.8 cm³/mol. The van der Waals surface area contributed by atoms with Crippen LogP contribution in [0.3, 0.4) is 0 Å². The Balaban J connectivity index is 4.66. The van der Waals surface area contributed by atoms with Gasteiger partial charge in [-0.25, -0.2) is 4.79 Å². The molecule has 4 heteroatoms. The first-order valence-electron chi connectivity index (χ1n) is 5.15. The maximum Gasteiger partial charge on any atom is 0.319 e. The second-order valence-electron chi connectivity index (χ2n) is 5.54. The first kappa shape index (κ1) is 14.2. The number of amides is 2. The van der Waals surface area contributed by atoms with E-state index in [2.05, 4.69) is 0 Å². The zero-order chi connectivity index (χ0) is 12.4. The van der Waals surface area contributed by atoms with Crippen LogP contribution in [0.1, 0.15) is 34.1 Å². The van der Waals surface area contributed by atoms with Crippen LogP contribution in [0.15, 0.2) is 0 Å². The maximum atomic E-state index is 11.7. The minimum atomic E-state index is -0.773. The summed E-state index contributed by atoms with van der Waals surface area (Å²) in [5.41, 5.74) is -1.13. The number of nitrogens with zero attached hydrogens (tertiary/aromatic N) is 2. The van der Waals surface area contributed by atoms with E-state index in [0.717, 1.165) is 0 Å². The fourth-order valence-electron chi connectivity index (χ4n) is 1.74. The summed E-state index contributed by atoms with van der Waals surface area (Å²) in [6, 6.07) is -0.0516. The normalized spacial score (nSPS) is 12.5. The number of aliphatic hydroxyl groups is 1. The van der Waals surface area contributed by atoms with Crippen molar-refractivity contribution in [3.8, 4) is 0 Å². The molecule has 0 aliphatic carbocycles. The number of carbonyl (C=O) groups excluding carboxylic acids is 1. The minimum absolute atomic E-state index is 0.0516. The highest BCUT2D eigenvalue weighted by molar-refractivity contribution is 5.74. The van der Waals surface area contributed by atoms with Crippen LogP contribution >= 0.6 is 0 Å². The van der Waals surface area contributed by atoms with Gasteiger partial charge in [-0.2, -0.15) is 0 Å². The molecule has 90 valence electrons. The van der Waals surface area contributed by atoms with Crippen molar-refractivity contribution in [3.63, 3.8) is 0 Å². The monoisotopic (exact) mass is 216 g/mol. The second-order valence-corrected chi connectivity index (χ2v) is 5.54. The van der Waals surface area contributed by atoms with Crippen LogP contribution in [-0.2, 0) is 0 Å². The van der Waals surface area contributed by atoms with Crippen LogP contribution in [0.2, 0.25) is 0 Å². The summed E-state index contributed by atoms with van der Waals surface area (Å²) in [7, 11) is 5.20. The van der Waals surface area contributed by atoms with Crippen molar-refractivity contribution in [2.75, 3.05) is 21.1 Å². The van der Waals surface area contributed by atoms with Gasteiger partial charge in [-0.1, -0.05) is 0 Å². The van der Waals surface area contributed by atoms with Crippen LogP contribution in [0, 0.1) is 0 Å². The molecule has 1 N–H and O–H groups in total. The molecule has 0 radical (unpaired) electrons. The van der Waals surface area contributed by atoms with Crippen LogP contribution in [-0.4, -0.2) is 53.2 Å². The lowest BCUT2D eigenvalue weighted by Crippen LogP contribution is -2.52. The van der Waals surface area contributed by atoms with Crippen LogP contribution in [0.25, 0.3) is 0 Å². The lowest BCUT2D eigenvalue weighted by atomic mass is 9.88. The van der Waals surface area contributed by atoms with E-state index >= 15 is 0 Å². The summed E-state index contributed by atoms with van der Waals surface area (Å²) >= 11 is 0. The van der Waals surface area contributed by atoms with Gasteiger partial charge in [0.2, 0.25) is 0 Å². The van der Waals surface area contributed by atoms with Gasteiger partial charge in [0, 0.05) is 26.7 Å². The molecular weight excluding hydrogens is 192 g/mol. The van der Waals surface area contributed by atoms with Crippen LogP contribution < -0.4 is 0 Å². The molecule has 0 rings (SSSR count). The van der Waals surface area contributed by atoms with Crippen molar-refractivity contribution < 1.29 is 9.90 Å².